The minimum atomic E-state index is -0.601. The largest absolute Gasteiger partial charge is 0.456 e. The summed E-state index contributed by atoms with van der Waals surface area (Å²) in [6, 6.07) is 12.5. The van der Waals surface area contributed by atoms with Gasteiger partial charge in [0.15, 0.2) is 17.3 Å². The highest BCUT2D eigenvalue weighted by Gasteiger charge is 2.33. The van der Waals surface area contributed by atoms with E-state index in [0.717, 1.165) is 16.4 Å². The molecule has 1 saturated heterocycles. The molecule has 3 N–H and O–H groups in total. The number of amides is 1. The van der Waals surface area contributed by atoms with Gasteiger partial charge in [-0.1, -0.05) is 18.2 Å². The lowest BCUT2D eigenvalue weighted by Crippen LogP contribution is -2.32. The molecule has 43 heavy (non-hydrogen) atoms. The topological polar surface area (TPSA) is 121 Å². The minimum Gasteiger partial charge on any atom is -0.456 e. The van der Waals surface area contributed by atoms with Crippen molar-refractivity contribution in [3.63, 3.8) is 0 Å². The van der Waals surface area contributed by atoms with Gasteiger partial charge in [-0.25, -0.2) is 9.37 Å². The summed E-state index contributed by atoms with van der Waals surface area (Å²) < 4.78 is 32.2. The van der Waals surface area contributed by atoms with Crippen LogP contribution in [0.15, 0.2) is 76.6 Å². The Morgan fingerprint density at radius 1 is 1.14 bits per heavy atom. The molecular weight excluding hydrogens is 551 g/mol. The molecule has 3 aromatic carbocycles. The van der Waals surface area contributed by atoms with Gasteiger partial charge in [0.05, 0.1) is 17.4 Å². The van der Waals surface area contributed by atoms with Gasteiger partial charge >= 0.3 is 0 Å². The first kappa shape index (κ1) is 25.5. The van der Waals surface area contributed by atoms with Gasteiger partial charge in [-0.3, -0.25) is 9.59 Å². The standard InChI is InChI=1S/C32H27FN6O4/c33-23-12-21-28-31(29(23)38-10-6-18(34)15-38)43-27-13-20-19-4-1-2-5-25(19)42-26(20)14-24(27)39(28)16-22(30(21)40)32(41)36-7-3-9-37-11-8-35-17-37/h1-2,4-5,8,11-14,16-18H,3,6-7,9-10,15,34H2,(H,36,41). The fraction of sp³-hybridized carbons (Fsp3) is 0.219. The zero-order valence-corrected chi connectivity index (χ0v) is 23.0. The zero-order chi connectivity index (χ0) is 29.2. The van der Waals surface area contributed by atoms with Gasteiger partial charge in [-0.15, -0.1) is 0 Å². The van der Waals surface area contributed by atoms with Crippen LogP contribution in [0.2, 0.25) is 0 Å². The third kappa shape index (κ3) is 4.07. The number of nitrogens with zero attached hydrogens (tertiary/aromatic N) is 4. The number of rotatable bonds is 6. The number of ether oxygens (including phenoxy) is 1. The van der Waals surface area contributed by atoms with Crippen LogP contribution in [0.1, 0.15) is 23.2 Å². The van der Waals surface area contributed by atoms with E-state index in [4.69, 9.17) is 14.9 Å². The summed E-state index contributed by atoms with van der Waals surface area (Å²) in [5.74, 6) is -0.446. The van der Waals surface area contributed by atoms with E-state index in [0.29, 0.717) is 61.6 Å². The number of aryl methyl sites for hydroxylation is 1. The minimum absolute atomic E-state index is 0.0566. The first-order valence-corrected chi connectivity index (χ1v) is 14.3. The molecule has 8 rings (SSSR count). The molecule has 1 amide bonds. The van der Waals surface area contributed by atoms with Crippen LogP contribution in [0.25, 0.3) is 38.5 Å². The van der Waals surface area contributed by atoms with Gasteiger partial charge in [0, 0.05) is 67.7 Å². The van der Waals surface area contributed by atoms with Crippen molar-refractivity contribution in [2.75, 3.05) is 24.5 Å². The SMILES string of the molecule is NC1CCN(c2c(F)cc3c(=O)c(C(=O)NCCCn4ccnc4)cn4c3c2Oc2cc3c(cc2-4)oc2ccccc23)C1. The van der Waals surface area contributed by atoms with Crippen molar-refractivity contribution in [2.24, 2.45) is 5.73 Å². The van der Waals surface area contributed by atoms with E-state index < -0.39 is 17.2 Å². The first-order chi connectivity index (χ1) is 21.0. The van der Waals surface area contributed by atoms with Crippen LogP contribution in [0.4, 0.5) is 10.1 Å². The highest BCUT2D eigenvalue weighted by molar-refractivity contribution is 6.07. The molecule has 2 aliphatic rings. The number of benzene rings is 3. The summed E-state index contributed by atoms with van der Waals surface area (Å²) in [6.45, 7) is 2.03. The monoisotopic (exact) mass is 578 g/mol. The van der Waals surface area contributed by atoms with Crippen molar-refractivity contribution >= 4 is 44.4 Å². The van der Waals surface area contributed by atoms with Crippen molar-refractivity contribution < 1.29 is 18.3 Å². The normalized spacial score (nSPS) is 15.8. The van der Waals surface area contributed by atoms with E-state index in [1.807, 2.05) is 52.1 Å². The molecule has 5 heterocycles. The Hall–Kier alpha value is -5.16. The third-order valence-electron chi connectivity index (χ3n) is 8.32. The number of nitrogens with two attached hydrogens (primary N) is 1. The Kier molecular flexibility index (Phi) is 5.76. The van der Waals surface area contributed by atoms with E-state index in [1.165, 1.54) is 12.3 Å². The van der Waals surface area contributed by atoms with Crippen molar-refractivity contribution in [1.29, 1.82) is 0 Å². The smallest absolute Gasteiger partial charge is 0.256 e. The molecule has 10 nitrogen and oxygen atoms in total. The van der Waals surface area contributed by atoms with Crippen molar-refractivity contribution in [1.82, 2.24) is 19.4 Å². The van der Waals surface area contributed by atoms with Gasteiger partial charge in [-0.05, 0) is 31.0 Å². The molecule has 11 heteroatoms. The molecule has 0 aliphatic carbocycles. The van der Waals surface area contributed by atoms with Crippen LogP contribution in [0.5, 0.6) is 11.5 Å². The highest BCUT2D eigenvalue weighted by Crippen LogP contribution is 2.48. The number of hydrogen-bond donors (Lipinski definition) is 2. The van der Waals surface area contributed by atoms with Gasteiger partial charge in [0.2, 0.25) is 5.43 Å². The van der Waals surface area contributed by atoms with Crippen molar-refractivity contribution in [2.45, 2.75) is 25.4 Å². The first-order valence-electron chi connectivity index (χ1n) is 14.3. The number of aromatic nitrogens is 3. The van der Waals surface area contributed by atoms with Crippen LogP contribution in [0.3, 0.4) is 0 Å². The number of fused-ring (bicyclic) bond motifs is 5. The van der Waals surface area contributed by atoms with E-state index in [2.05, 4.69) is 10.3 Å². The number of hydrogen-bond acceptors (Lipinski definition) is 7. The summed E-state index contributed by atoms with van der Waals surface area (Å²) >= 11 is 0. The molecule has 2 aliphatic heterocycles. The lowest BCUT2D eigenvalue weighted by Gasteiger charge is -2.29. The molecule has 0 radical (unpaired) electrons. The lowest BCUT2D eigenvalue weighted by atomic mass is 10.0. The summed E-state index contributed by atoms with van der Waals surface area (Å²) in [4.78, 5) is 33.0. The van der Waals surface area contributed by atoms with Crippen molar-refractivity contribution in [3.05, 3.63) is 89.0 Å². The third-order valence-corrected chi connectivity index (χ3v) is 8.32. The van der Waals surface area contributed by atoms with Gasteiger partial charge in [-0.2, -0.15) is 0 Å². The quantitative estimate of drug-likeness (QED) is 0.275. The fourth-order valence-corrected chi connectivity index (χ4v) is 6.25. The zero-order valence-electron chi connectivity index (χ0n) is 23.0. The van der Waals surface area contributed by atoms with E-state index in [-0.39, 0.29) is 28.4 Å². The Labute approximate surface area is 244 Å². The number of para-hydroxylation sites is 1. The van der Waals surface area contributed by atoms with Gasteiger partial charge < -0.3 is 34.2 Å². The molecule has 1 atom stereocenters. The Balaban J connectivity index is 1.29. The predicted octanol–water partition coefficient (Wildman–Crippen LogP) is 4.69. The number of halogens is 1. The number of carbonyl (C=O) groups excluding carboxylic acids is 1. The van der Waals surface area contributed by atoms with E-state index >= 15 is 4.39 Å². The Bertz CT molecular complexity index is 2130. The Morgan fingerprint density at radius 2 is 2.02 bits per heavy atom. The molecule has 0 saturated carbocycles. The number of anilines is 1. The predicted molar refractivity (Wildman–Crippen MR) is 161 cm³/mol. The average Bonchev–Trinajstić information content (AvgIpc) is 3.76. The number of carbonyl (C=O) groups is 1. The van der Waals surface area contributed by atoms with Crippen molar-refractivity contribution in [3.8, 4) is 17.2 Å². The summed E-state index contributed by atoms with van der Waals surface area (Å²) in [5.41, 5.74) is 8.08. The lowest BCUT2D eigenvalue weighted by molar-refractivity contribution is 0.0951. The number of nitrogens with one attached hydrogen (secondary N) is 1. The summed E-state index contributed by atoms with van der Waals surface area (Å²) in [7, 11) is 0. The fourth-order valence-electron chi connectivity index (χ4n) is 6.25. The molecule has 3 aromatic heterocycles. The maximum Gasteiger partial charge on any atom is 0.256 e. The van der Waals surface area contributed by atoms with Gasteiger partial charge in [0.1, 0.15) is 27.9 Å². The number of pyridine rings is 1. The summed E-state index contributed by atoms with van der Waals surface area (Å²) in [6.07, 6.45) is 8.12. The van der Waals surface area contributed by atoms with E-state index in [9.17, 15) is 9.59 Å². The van der Waals surface area contributed by atoms with Gasteiger partial charge in [0.25, 0.3) is 5.91 Å². The maximum atomic E-state index is 16.0. The average molecular weight is 579 g/mol. The molecule has 1 unspecified atom stereocenters. The number of imidazole rings is 1. The van der Waals surface area contributed by atoms with Crippen LogP contribution in [-0.4, -0.2) is 45.7 Å². The maximum absolute atomic E-state index is 16.0. The van der Waals surface area contributed by atoms with Crippen LogP contribution >= 0.6 is 0 Å². The molecule has 0 spiro atoms. The molecule has 6 aromatic rings. The van der Waals surface area contributed by atoms with E-state index in [1.54, 1.807) is 17.1 Å². The number of furan rings is 1. The Morgan fingerprint density at radius 3 is 2.84 bits per heavy atom. The highest BCUT2D eigenvalue weighted by atomic mass is 19.1. The molecule has 0 bridgehead atoms. The second-order valence-electron chi connectivity index (χ2n) is 11.1. The van der Waals surface area contributed by atoms with Crippen LogP contribution < -0.4 is 26.1 Å². The summed E-state index contributed by atoms with van der Waals surface area (Å²) in [5, 5.41) is 4.66. The second-order valence-corrected chi connectivity index (χ2v) is 11.1. The van der Waals surface area contributed by atoms with Crippen LogP contribution in [0, 0.1) is 5.82 Å². The molecule has 216 valence electrons. The van der Waals surface area contributed by atoms with Crippen LogP contribution in [-0.2, 0) is 6.54 Å². The second kappa shape index (κ2) is 9.70. The molecular formula is C32H27FN6O4. The molecule has 1 fully saturated rings.